The van der Waals surface area contributed by atoms with Crippen LogP contribution in [0.25, 0.3) is 10.8 Å². The molecule has 2 aromatic carbocycles. The van der Waals surface area contributed by atoms with Gasteiger partial charge in [-0.2, -0.15) is 0 Å². The van der Waals surface area contributed by atoms with Crippen LogP contribution < -0.4 is 30.7 Å². The van der Waals surface area contributed by atoms with Crippen LogP contribution in [-0.2, 0) is 19.2 Å². The number of carbonyl (C=O) groups is 6. The number of hydrogen-bond donors (Lipinski definition) is 4. The second-order valence-electron chi connectivity index (χ2n) is 14.9. The Morgan fingerprint density at radius 1 is 0.426 bits per heavy atom. The summed E-state index contributed by atoms with van der Waals surface area (Å²) in [5.41, 5.74) is -2.37. The fraction of sp³-hybridized carbons (Fsp3) is 0.619. The average molecular weight is 749 g/mol. The first-order valence-electron chi connectivity index (χ1n) is 20.3. The van der Waals surface area contributed by atoms with Crippen LogP contribution in [0.4, 0.5) is 9.59 Å². The third kappa shape index (κ3) is 11.3. The van der Waals surface area contributed by atoms with E-state index in [1.807, 2.05) is 36.4 Å². The number of unbranched alkanes of at least 4 members (excludes halogenated alkanes) is 12. The van der Waals surface area contributed by atoms with E-state index in [0.29, 0.717) is 51.7 Å². The Morgan fingerprint density at radius 3 is 1.07 bits per heavy atom. The van der Waals surface area contributed by atoms with Gasteiger partial charge in [0.25, 0.3) is 0 Å². The first-order chi connectivity index (χ1) is 26.2. The normalized spacial score (nSPS) is 16.5. The topological polar surface area (TPSA) is 169 Å². The number of amides is 8. The van der Waals surface area contributed by atoms with Crippen LogP contribution in [0.15, 0.2) is 36.4 Å². The van der Waals surface area contributed by atoms with Crippen molar-refractivity contribution in [1.29, 1.82) is 0 Å². The second kappa shape index (κ2) is 21.4. The van der Waals surface area contributed by atoms with Crippen molar-refractivity contribution in [3.63, 3.8) is 0 Å². The van der Waals surface area contributed by atoms with Gasteiger partial charge in [-0.05, 0) is 50.7 Å². The summed E-state index contributed by atoms with van der Waals surface area (Å²) in [6.07, 6.45) is 15.9. The van der Waals surface area contributed by atoms with E-state index in [0.717, 1.165) is 112 Å². The van der Waals surface area contributed by atoms with Gasteiger partial charge in [0.2, 0.25) is 23.6 Å². The summed E-state index contributed by atoms with van der Waals surface area (Å²) in [6, 6.07) is 10.4. The maximum Gasteiger partial charge on any atom is 0.328 e. The number of carbonyl (C=O) groups excluding carboxylic acids is 6. The molecule has 4 rings (SSSR count). The van der Waals surface area contributed by atoms with Crippen molar-refractivity contribution in [2.24, 2.45) is 10.8 Å². The van der Waals surface area contributed by atoms with E-state index in [2.05, 4.69) is 35.1 Å². The Kier molecular flexibility index (Phi) is 16.8. The van der Waals surface area contributed by atoms with E-state index < -0.39 is 46.5 Å². The van der Waals surface area contributed by atoms with E-state index in [1.165, 1.54) is 0 Å². The van der Waals surface area contributed by atoms with Crippen LogP contribution in [0.5, 0.6) is 11.5 Å². The molecular weight excluding hydrogens is 688 g/mol. The number of fused-ring (bicyclic) bond motifs is 1. The summed E-state index contributed by atoms with van der Waals surface area (Å²) < 4.78 is 12.4. The molecule has 0 bridgehead atoms. The minimum Gasteiger partial charge on any atom is -0.493 e. The van der Waals surface area contributed by atoms with Crippen molar-refractivity contribution in [2.75, 3.05) is 13.2 Å². The predicted octanol–water partition coefficient (Wildman–Crippen LogP) is 8.14. The summed E-state index contributed by atoms with van der Waals surface area (Å²) in [4.78, 5) is 74.8. The molecule has 2 heterocycles. The van der Waals surface area contributed by atoms with Crippen LogP contribution in [0, 0.1) is 10.8 Å². The summed E-state index contributed by atoms with van der Waals surface area (Å²) in [5.74, 6) is -0.341. The molecule has 0 aliphatic carbocycles. The average Bonchev–Trinajstić information content (AvgIpc) is 3.14. The lowest BCUT2D eigenvalue weighted by molar-refractivity contribution is -0.147. The molecule has 0 spiro atoms. The summed E-state index contributed by atoms with van der Waals surface area (Å²) in [5, 5.41) is 11.2. The van der Waals surface area contributed by atoms with E-state index in [1.54, 1.807) is 0 Å². The molecule has 4 N–H and O–H groups in total. The highest BCUT2D eigenvalue weighted by Crippen LogP contribution is 2.36. The van der Waals surface area contributed by atoms with Crippen LogP contribution in [0.1, 0.15) is 142 Å². The zero-order valence-electron chi connectivity index (χ0n) is 32.3. The molecule has 296 valence electrons. The van der Waals surface area contributed by atoms with Gasteiger partial charge in [-0.15, -0.1) is 0 Å². The number of imide groups is 4. The molecule has 54 heavy (non-hydrogen) atoms. The molecular formula is C42H60N4O8. The summed E-state index contributed by atoms with van der Waals surface area (Å²) >= 11 is 0. The number of barbiturate groups is 2. The molecule has 2 aromatic rings. The van der Waals surface area contributed by atoms with E-state index in [9.17, 15) is 28.8 Å². The summed E-state index contributed by atoms with van der Waals surface area (Å²) in [7, 11) is 0. The van der Waals surface area contributed by atoms with Crippen LogP contribution >= 0.6 is 0 Å². The number of urea groups is 2. The number of benzene rings is 2. The van der Waals surface area contributed by atoms with Gasteiger partial charge in [0.15, 0.2) is 0 Å². The third-order valence-corrected chi connectivity index (χ3v) is 10.9. The van der Waals surface area contributed by atoms with Crippen molar-refractivity contribution in [1.82, 2.24) is 21.3 Å². The maximum absolute atomic E-state index is 12.8. The van der Waals surface area contributed by atoms with Crippen molar-refractivity contribution < 1.29 is 38.2 Å². The zero-order valence-corrected chi connectivity index (χ0v) is 32.3. The number of ether oxygens (including phenoxy) is 2. The second-order valence-corrected chi connectivity index (χ2v) is 14.9. The van der Waals surface area contributed by atoms with Gasteiger partial charge in [0.1, 0.15) is 22.3 Å². The first-order valence-corrected chi connectivity index (χ1v) is 20.3. The predicted molar refractivity (Wildman–Crippen MR) is 207 cm³/mol. The Labute approximate surface area is 319 Å². The van der Waals surface area contributed by atoms with Gasteiger partial charge in [-0.3, -0.25) is 40.4 Å². The third-order valence-electron chi connectivity index (χ3n) is 10.9. The Bertz CT molecular complexity index is 1450. The molecule has 12 heteroatoms. The molecule has 0 atom stereocenters. The van der Waals surface area contributed by atoms with Gasteiger partial charge in [-0.25, -0.2) is 9.59 Å². The molecule has 2 aliphatic rings. The molecule has 0 radical (unpaired) electrons. The fourth-order valence-corrected chi connectivity index (χ4v) is 7.66. The van der Waals surface area contributed by atoms with Crippen LogP contribution in [0.3, 0.4) is 0 Å². The maximum atomic E-state index is 12.8. The Balaban J connectivity index is 1.18. The molecule has 0 saturated carbocycles. The van der Waals surface area contributed by atoms with Crippen molar-refractivity contribution in [3.05, 3.63) is 36.4 Å². The zero-order chi connectivity index (χ0) is 38.8. The van der Waals surface area contributed by atoms with Crippen LogP contribution in [-0.4, -0.2) is 48.9 Å². The molecule has 12 nitrogen and oxygen atoms in total. The van der Waals surface area contributed by atoms with Crippen molar-refractivity contribution >= 4 is 46.5 Å². The Hall–Kier alpha value is -4.48. The minimum absolute atomic E-state index is 0.414. The first kappa shape index (κ1) is 42.3. The summed E-state index contributed by atoms with van der Waals surface area (Å²) in [6.45, 7) is 5.28. The monoisotopic (exact) mass is 748 g/mol. The highest BCUT2D eigenvalue weighted by atomic mass is 16.5. The smallest absolute Gasteiger partial charge is 0.328 e. The molecule has 0 unspecified atom stereocenters. The van der Waals surface area contributed by atoms with Gasteiger partial charge in [0.05, 0.1) is 13.2 Å². The van der Waals surface area contributed by atoms with E-state index in [-0.39, 0.29) is 0 Å². The van der Waals surface area contributed by atoms with Crippen molar-refractivity contribution in [2.45, 2.75) is 142 Å². The lowest BCUT2D eigenvalue weighted by Crippen LogP contribution is -2.62. The van der Waals surface area contributed by atoms with Gasteiger partial charge < -0.3 is 9.47 Å². The number of nitrogens with one attached hydrogen (secondary N) is 4. The van der Waals surface area contributed by atoms with Gasteiger partial charge >= 0.3 is 12.1 Å². The largest absolute Gasteiger partial charge is 0.493 e. The lowest BCUT2D eigenvalue weighted by Gasteiger charge is -2.34. The highest BCUT2D eigenvalue weighted by Gasteiger charge is 2.50. The minimum atomic E-state index is -1.19. The fourth-order valence-electron chi connectivity index (χ4n) is 7.66. The Morgan fingerprint density at radius 2 is 0.741 bits per heavy atom. The molecule has 2 fully saturated rings. The lowest BCUT2D eigenvalue weighted by atomic mass is 9.75. The standard InChI is InChI=1S/C42H60N4O8/c1-3-5-7-13-25-41(35(47)43-39(51)44-36(41)48)27-15-9-11-17-29-53-33-23-19-22-32-31(33)21-20-24-34(32)54-30-18-12-10-16-28-42(26-14-8-6-4-2)37(49)45-40(52)46-38(42)50/h19-24H,3-18,25-30H2,1-2H3,(H2,43,44,47,48,51)(H2,45,46,49,50,52). The van der Waals surface area contributed by atoms with Crippen molar-refractivity contribution in [3.8, 4) is 11.5 Å². The van der Waals surface area contributed by atoms with Gasteiger partial charge in [0, 0.05) is 10.8 Å². The van der Waals surface area contributed by atoms with Crippen LogP contribution in [0.2, 0.25) is 0 Å². The molecule has 0 aromatic heterocycles. The highest BCUT2D eigenvalue weighted by molar-refractivity contribution is 6.19. The van der Waals surface area contributed by atoms with E-state index >= 15 is 0 Å². The van der Waals surface area contributed by atoms with E-state index in [4.69, 9.17) is 9.47 Å². The van der Waals surface area contributed by atoms with Gasteiger partial charge in [-0.1, -0.05) is 128 Å². The SMILES string of the molecule is CCCCCCC1(CCCCCCOc2cccc3c(OCCCCCCC4(CCCCCC)C(=O)NC(=O)NC4=O)cccc23)C(=O)NC(=O)NC1=O. The number of rotatable bonds is 26. The quantitative estimate of drug-likeness (QED) is 0.0552. The number of hydrogen-bond acceptors (Lipinski definition) is 8. The molecule has 2 aliphatic heterocycles. The molecule has 8 amide bonds. The molecule has 2 saturated heterocycles.